The van der Waals surface area contributed by atoms with Gasteiger partial charge in [-0.15, -0.1) is 0 Å². The predicted octanol–water partition coefficient (Wildman–Crippen LogP) is 3.25. The van der Waals surface area contributed by atoms with Crippen molar-refractivity contribution in [1.82, 2.24) is 0 Å². The zero-order valence-electron chi connectivity index (χ0n) is 9.62. The van der Waals surface area contributed by atoms with Crippen molar-refractivity contribution in [3.05, 3.63) is 35.1 Å². The summed E-state index contributed by atoms with van der Waals surface area (Å²) in [6, 6.07) is 4.61. The van der Waals surface area contributed by atoms with Gasteiger partial charge in [0, 0.05) is 5.75 Å². The van der Waals surface area contributed by atoms with Gasteiger partial charge in [0.1, 0.15) is 5.82 Å². The van der Waals surface area contributed by atoms with Crippen LogP contribution in [0.3, 0.4) is 0 Å². The van der Waals surface area contributed by atoms with E-state index >= 15 is 0 Å². The summed E-state index contributed by atoms with van der Waals surface area (Å²) in [7, 11) is 1.24. The van der Waals surface area contributed by atoms with Crippen LogP contribution in [0.5, 0.6) is 0 Å². The molecule has 0 radical (unpaired) electrons. The number of benzene rings is 1. The second-order valence-electron chi connectivity index (χ2n) is 3.67. The fourth-order valence-corrected chi connectivity index (χ4v) is 1.89. The number of carbonyl (C=O) groups is 1. The lowest BCUT2D eigenvalue weighted by Crippen LogP contribution is -2.04. The first-order chi connectivity index (χ1) is 7.54. The number of esters is 1. The third kappa shape index (κ3) is 3.52. The maximum Gasteiger partial charge on any atom is 0.340 e. The Morgan fingerprint density at radius 1 is 1.50 bits per heavy atom. The maximum absolute atomic E-state index is 13.5. The van der Waals surface area contributed by atoms with Crippen LogP contribution in [0.4, 0.5) is 4.39 Å². The molecule has 16 heavy (non-hydrogen) atoms. The standard InChI is InChI=1S/C12H15FO2S/c1-8(2)16-7-9-4-5-10(11(13)6-9)12(14)15-3/h4-6,8H,7H2,1-3H3. The first kappa shape index (κ1) is 13.0. The maximum atomic E-state index is 13.5. The summed E-state index contributed by atoms with van der Waals surface area (Å²) in [5, 5.41) is 0.503. The van der Waals surface area contributed by atoms with Crippen molar-refractivity contribution < 1.29 is 13.9 Å². The summed E-state index contributed by atoms with van der Waals surface area (Å²) in [5.74, 6) is -0.412. The number of methoxy groups -OCH3 is 1. The van der Waals surface area contributed by atoms with Crippen molar-refractivity contribution in [3.8, 4) is 0 Å². The van der Waals surface area contributed by atoms with E-state index in [0.29, 0.717) is 5.25 Å². The summed E-state index contributed by atoms with van der Waals surface area (Å²) in [4.78, 5) is 11.1. The van der Waals surface area contributed by atoms with Gasteiger partial charge in [-0.1, -0.05) is 19.9 Å². The Bertz CT molecular complexity index is 377. The van der Waals surface area contributed by atoms with E-state index in [4.69, 9.17) is 0 Å². The van der Waals surface area contributed by atoms with Gasteiger partial charge in [0.25, 0.3) is 0 Å². The molecule has 0 aromatic heterocycles. The third-order valence-corrected chi connectivity index (χ3v) is 3.19. The fourth-order valence-electron chi connectivity index (χ4n) is 1.19. The van der Waals surface area contributed by atoms with Crippen molar-refractivity contribution in [1.29, 1.82) is 0 Å². The van der Waals surface area contributed by atoms with E-state index < -0.39 is 11.8 Å². The Kier molecular flexibility index (Phi) is 4.80. The Hall–Kier alpha value is -1.03. The van der Waals surface area contributed by atoms with Gasteiger partial charge in [-0.05, 0) is 22.9 Å². The molecule has 1 aromatic carbocycles. The van der Waals surface area contributed by atoms with Gasteiger partial charge in [0.15, 0.2) is 0 Å². The lowest BCUT2D eigenvalue weighted by atomic mass is 10.1. The molecule has 0 amide bonds. The average Bonchev–Trinajstić information content (AvgIpc) is 2.25. The van der Waals surface area contributed by atoms with Crippen molar-refractivity contribution in [2.24, 2.45) is 0 Å². The lowest BCUT2D eigenvalue weighted by molar-refractivity contribution is 0.0595. The van der Waals surface area contributed by atoms with Crippen molar-refractivity contribution in [2.45, 2.75) is 24.9 Å². The highest BCUT2D eigenvalue weighted by Gasteiger charge is 2.12. The molecule has 0 spiro atoms. The molecule has 1 rings (SSSR count). The molecule has 0 bridgehead atoms. The molecular formula is C12H15FO2S. The smallest absolute Gasteiger partial charge is 0.340 e. The van der Waals surface area contributed by atoms with E-state index in [1.54, 1.807) is 17.8 Å². The van der Waals surface area contributed by atoms with Gasteiger partial charge < -0.3 is 4.74 Å². The van der Waals surface area contributed by atoms with Crippen LogP contribution in [0.2, 0.25) is 0 Å². The number of hydrogen-bond donors (Lipinski definition) is 0. The largest absolute Gasteiger partial charge is 0.465 e. The predicted molar refractivity (Wildman–Crippen MR) is 64.2 cm³/mol. The first-order valence-electron chi connectivity index (χ1n) is 5.03. The minimum Gasteiger partial charge on any atom is -0.465 e. The summed E-state index contributed by atoms with van der Waals surface area (Å²) in [6.07, 6.45) is 0. The highest BCUT2D eigenvalue weighted by Crippen LogP contribution is 2.19. The van der Waals surface area contributed by atoms with Crippen LogP contribution in [0.1, 0.15) is 29.8 Å². The van der Waals surface area contributed by atoms with Crippen molar-refractivity contribution in [2.75, 3.05) is 7.11 Å². The Morgan fingerprint density at radius 2 is 2.19 bits per heavy atom. The van der Waals surface area contributed by atoms with Crippen LogP contribution < -0.4 is 0 Å². The van der Waals surface area contributed by atoms with Crippen LogP contribution in [0, 0.1) is 5.82 Å². The van der Waals surface area contributed by atoms with Crippen molar-refractivity contribution in [3.63, 3.8) is 0 Å². The molecule has 0 aliphatic carbocycles. The van der Waals surface area contributed by atoms with Crippen LogP contribution in [0.25, 0.3) is 0 Å². The van der Waals surface area contributed by atoms with Gasteiger partial charge in [0.05, 0.1) is 12.7 Å². The van der Waals surface area contributed by atoms with Gasteiger partial charge >= 0.3 is 5.97 Å². The Morgan fingerprint density at radius 3 is 2.69 bits per heavy atom. The number of rotatable bonds is 4. The molecule has 0 atom stereocenters. The number of ether oxygens (including phenoxy) is 1. The molecule has 0 N–H and O–H groups in total. The van der Waals surface area contributed by atoms with Gasteiger partial charge in [-0.2, -0.15) is 11.8 Å². The molecule has 0 heterocycles. The Balaban J connectivity index is 2.78. The summed E-state index contributed by atoms with van der Waals surface area (Å²) in [6.45, 7) is 4.17. The number of carbonyl (C=O) groups excluding carboxylic acids is 1. The first-order valence-corrected chi connectivity index (χ1v) is 6.07. The number of thioether (sulfide) groups is 1. The molecule has 0 aliphatic heterocycles. The van der Waals surface area contributed by atoms with Crippen LogP contribution in [-0.4, -0.2) is 18.3 Å². The molecule has 1 aromatic rings. The van der Waals surface area contributed by atoms with E-state index in [-0.39, 0.29) is 5.56 Å². The minimum absolute atomic E-state index is 0.0132. The number of hydrogen-bond acceptors (Lipinski definition) is 3. The van der Waals surface area contributed by atoms with Crippen LogP contribution >= 0.6 is 11.8 Å². The highest BCUT2D eigenvalue weighted by atomic mass is 32.2. The zero-order chi connectivity index (χ0) is 12.1. The quantitative estimate of drug-likeness (QED) is 0.758. The van der Waals surface area contributed by atoms with Gasteiger partial charge in [-0.25, -0.2) is 9.18 Å². The monoisotopic (exact) mass is 242 g/mol. The summed E-state index contributed by atoms with van der Waals surface area (Å²) >= 11 is 1.73. The second kappa shape index (κ2) is 5.89. The lowest BCUT2D eigenvalue weighted by Gasteiger charge is -2.06. The summed E-state index contributed by atoms with van der Waals surface area (Å²) in [5.41, 5.74) is 0.865. The Labute approximate surface area is 99.2 Å². The third-order valence-electron chi connectivity index (χ3n) is 2.02. The molecule has 0 saturated heterocycles. The van der Waals surface area contributed by atoms with Gasteiger partial charge in [-0.3, -0.25) is 0 Å². The average molecular weight is 242 g/mol. The van der Waals surface area contributed by atoms with E-state index in [1.165, 1.54) is 19.2 Å². The van der Waals surface area contributed by atoms with Gasteiger partial charge in [0.2, 0.25) is 0 Å². The summed E-state index contributed by atoms with van der Waals surface area (Å²) < 4.78 is 18.0. The second-order valence-corrected chi connectivity index (χ2v) is 5.23. The van der Waals surface area contributed by atoms with Crippen molar-refractivity contribution >= 4 is 17.7 Å². The SMILES string of the molecule is COC(=O)c1ccc(CSC(C)C)cc1F. The number of halogens is 1. The molecule has 0 aliphatic rings. The zero-order valence-corrected chi connectivity index (χ0v) is 10.4. The van der Waals surface area contributed by atoms with E-state index in [9.17, 15) is 9.18 Å². The van der Waals surface area contributed by atoms with E-state index in [0.717, 1.165) is 11.3 Å². The highest BCUT2D eigenvalue weighted by molar-refractivity contribution is 7.99. The molecule has 4 heteroatoms. The minimum atomic E-state index is -0.638. The normalized spacial score (nSPS) is 10.6. The topological polar surface area (TPSA) is 26.3 Å². The molecule has 2 nitrogen and oxygen atoms in total. The molecule has 0 fully saturated rings. The van der Waals surface area contributed by atoms with Crippen LogP contribution in [0.15, 0.2) is 18.2 Å². The molecule has 0 saturated carbocycles. The fraction of sp³-hybridized carbons (Fsp3) is 0.417. The molecular weight excluding hydrogens is 227 g/mol. The molecule has 0 unspecified atom stereocenters. The van der Waals surface area contributed by atoms with E-state index in [2.05, 4.69) is 18.6 Å². The van der Waals surface area contributed by atoms with Crippen LogP contribution in [-0.2, 0) is 10.5 Å². The van der Waals surface area contributed by atoms with E-state index in [1.807, 2.05) is 0 Å². The molecule has 88 valence electrons.